The van der Waals surface area contributed by atoms with Crippen LogP contribution in [0.1, 0.15) is 11.5 Å². The first kappa shape index (κ1) is 14.9. The number of hydrogen-bond donors (Lipinski definition) is 2. The van der Waals surface area contributed by atoms with Crippen LogP contribution in [0.25, 0.3) is 0 Å². The van der Waals surface area contributed by atoms with Crippen LogP contribution in [0.15, 0.2) is 41.8 Å². The lowest BCUT2D eigenvalue weighted by Crippen LogP contribution is -2.27. The molecule has 0 aliphatic heterocycles. The van der Waals surface area contributed by atoms with Crippen molar-refractivity contribution in [2.24, 2.45) is 5.73 Å². The van der Waals surface area contributed by atoms with E-state index in [0.717, 1.165) is 5.56 Å². The molecule has 4 N–H and O–H groups in total. The van der Waals surface area contributed by atoms with Crippen molar-refractivity contribution in [3.63, 3.8) is 0 Å². The summed E-state index contributed by atoms with van der Waals surface area (Å²) in [5.41, 5.74) is 13.5. The van der Waals surface area contributed by atoms with E-state index < -0.39 is 4.33 Å². The molecule has 0 aromatic heterocycles. The summed E-state index contributed by atoms with van der Waals surface area (Å²) < 4.78 is 9.28. The van der Waals surface area contributed by atoms with Crippen LogP contribution < -0.4 is 16.2 Å². The Morgan fingerprint density at radius 2 is 1.85 bits per heavy atom. The fourth-order valence-corrected chi connectivity index (χ4v) is 2.77. The van der Waals surface area contributed by atoms with Gasteiger partial charge in [-0.05, 0) is 29.8 Å². The van der Waals surface area contributed by atoms with E-state index in [1.165, 1.54) is 0 Å². The molecular formula is C14H16Cl2N2O2. The number of halogens is 2. The van der Waals surface area contributed by atoms with Crippen molar-refractivity contribution in [2.75, 3.05) is 20.0 Å². The molecule has 0 heterocycles. The van der Waals surface area contributed by atoms with Crippen molar-refractivity contribution >= 4 is 28.9 Å². The van der Waals surface area contributed by atoms with E-state index in [2.05, 4.69) is 0 Å². The zero-order valence-corrected chi connectivity index (χ0v) is 12.7. The average molecular weight is 315 g/mol. The van der Waals surface area contributed by atoms with E-state index in [0.29, 0.717) is 22.9 Å². The summed E-state index contributed by atoms with van der Waals surface area (Å²) in [4.78, 5) is 0. The van der Waals surface area contributed by atoms with Gasteiger partial charge in [0.05, 0.1) is 25.6 Å². The Balaban J connectivity index is 2.48. The second-order valence-electron chi connectivity index (χ2n) is 4.49. The van der Waals surface area contributed by atoms with Gasteiger partial charge in [0.1, 0.15) is 15.8 Å². The Morgan fingerprint density at radius 3 is 2.45 bits per heavy atom. The molecule has 1 aromatic carbocycles. The Labute approximate surface area is 127 Å². The van der Waals surface area contributed by atoms with Crippen LogP contribution in [0, 0.1) is 0 Å². The maximum absolute atomic E-state index is 6.36. The summed E-state index contributed by atoms with van der Waals surface area (Å²) in [5, 5.41) is 0. The molecule has 2 rings (SSSR count). The summed E-state index contributed by atoms with van der Waals surface area (Å²) in [5.74, 6) is 0.798. The molecule has 0 spiro atoms. The van der Waals surface area contributed by atoms with E-state index in [1.54, 1.807) is 38.5 Å². The highest BCUT2D eigenvalue weighted by atomic mass is 35.5. The molecule has 6 heteroatoms. The largest absolute Gasteiger partial charge is 0.495 e. The SMILES string of the molecule is COC1=CC(c2ccc(N)c(OC)c2)C(Cl)(Cl)C=C1N. The van der Waals surface area contributed by atoms with Crippen LogP contribution in [0.3, 0.4) is 0 Å². The number of nitrogens with two attached hydrogens (primary N) is 2. The maximum Gasteiger partial charge on any atom is 0.149 e. The highest BCUT2D eigenvalue weighted by Gasteiger charge is 2.37. The van der Waals surface area contributed by atoms with Gasteiger partial charge < -0.3 is 20.9 Å². The second kappa shape index (κ2) is 5.46. The Bertz CT molecular complexity index is 583. The highest BCUT2D eigenvalue weighted by Crippen LogP contribution is 2.45. The summed E-state index contributed by atoms with van der Waals surface area (Å²) in [7, 11) is 3.10. The predicted octanol–water partition coefficient (Wildman–Crippen LogP) is 2.92. The van der Waals surface area contributed by atoms with Crippen LogP contribution >= 0.6 is 23.2 Å². The third-order valence-corrected chi connectivity index (χ3v) is 3.89. The van der Waals surface area contributed by atoms with Gasteiger partial charge in [-0.25, -0.2) is 0 Å². The summed E-state index contributed by atoms with van der Waals surface area (Å²) in [6, 6.07) is 5.40. The first-order valence-electron chi connectivity index (χ1n) is 5.94. The highest BCUT2D eigenvalue weighted by molar-refractivity contribution is 6.50. The molecular weight excluding hydrogens is 299 g/mol. The lowest BCUT2D eigenvalue weighted by molar-refractivity contribution is 0.294. The fourth-order valence-electron chi connectivity index (χ4n) is 2.15. The van der Waals surface area contributed by atoms with Crippen LogP contribution in [-0.4, -0.2) is 18.6 Å². The van der Waals surface area contributed by atoms with Crippen LogP contribution in [0.4, 0.5) is 5.69 Å². The third-order valence-electron chi connectivity index (χ3n) is 3.20. The van der Waals surface area contributed by atoms with E-state index in [1.807, 2.05) is 6.07 Å². The van der Waals surface area contributed by atoms with Gasteiger partial charge in [-0.3, -0.25) is 0 Å². The smallest absolute Gasteiger partial charge is 0.149 e. The van der Waals surface area contributed by atoms with Crippen LogP contribution in [0.5, 0.6) is 5.75 Å². The number of alkyl halides is 2. The lowest BCUT2D eigenvalue weighted by Gasteiger charge is -2.30. The molecule has 108 valence electrons. The number of ether oxygens (including phenoxy) is 2. The first-order chi connectivity index (χ1) is 9.39. The van der Waals surface area contributed by atoms with Gasteiger partial charge in [0.15, 0.2) is 0 Å². The quantitative estimate of drug-likeness (QED) is 0.664. The molecule has 0 fully saturated rings. The molecule has 0 amide bonds. The van der Waals surface area contributed by atoms with Gasteiger partial charge in [-0.1, -0.05) is 29.3 Å². The number of rotatable bonds is 3. The van der Waals surface area contributed by atoms with Gasteiger partial charge in [0.2, 0.25) is 0 Å². The van der Waals surface area contributed by atoms with E-state index in [9.17, 15) is 0 Å². The van der Waals surface area contributed by atoms with E-state index in [4.69, 9.17) is 44.1 Å². The van der Waals surface area contributed by atoms with Gasteiger partial charge in [0, 0.05) is 5.92 Å². The van der Waals surface area contributed by atoms with Crippen LogP contribution in [0.2, 0.25) is 0 Å². The van der Waals surface area contributed by atoms with E-state index >= 15 is 0 Å². The number of benzene rings is 1. The average Bonchev–Trinajstić information content (AvgIpc) is 2.39. The normalized spacial score (nSPS) is 20.9. The van der Waals surface area contributed by atoms with Crippen molar-refractivity contribution < 1.29 is 9.47 Å². The maximum atomic E-state index is 6.36. The van der Waals surface area contributed by atoms with E-state index in [-0.39, 0.29) is 5.92 Å². The topological polar surface area (TPSA) is 70.5 Å². The lowest BCUT2D eigenvalue weighted by atomic mass is 9.89. The van der Waals surface area contributed by atoms with Gasteiger partial charge >= 0.3 is 0 Å². The summed E-state index contributed by atoms with van der Waals surface area (Å²) in [6.45, 7) is 0. The minimum atomic E-state index is -1.16. The molecule has 0 saturated heterocycles. The Kier molecular flexibility index (Phi) is 4.06. The summed E-state index contributed by atoms with van der Waals surface area (Å²) >= 11 is 12.7. The fraction of sp³-hybridized carbons (Fsp3) is 0.286. The minimum Gasteiger partial charge on any atom is -0.495 e. The van der Waals surface area contributed by atoms with Gasteiger partial charge in [-0.15, -0.1) is 0 Å². The number of allylic oxidation sites excluding steroid dienone is 2. The summed E-state index contributed by atoms with van der Waals surface area (Å²) in [6.07, 6.45) is 3.36. The monoisotopic (exact) mass is 314 g/mol. The standard InChI is InChI=1S/C14H16Cl2N2O2/c1-19-12-5-8(3-4-10(12)17)9-6-13(20-2)11(18)7-14(9,15)16/h3-7,9H,17-18H2,1-2H3. The van der Waals surface area contributed by atoms with Crippen molar-refractivity contribution in [3.05, 3.63) is 47.4 Å². The number of anilines is 1. The molecule has 1 aliphatic carbocycles. The first-order valence-corrected chi connectivity index (χ1v) is 6.70. The van der Waals surface area contributed by atoms with Crippen LogP contribution in [-0.2, 0) is 4.74 Å². The Hall–Kier alpha value is -1.52. The van der Waals surface area contributed by atoms with Crippen molar-refractivity contribution in [1.82, 2.24) is 0 Å². The molecule has 0 saturated carbocycles. The number of hydrogen-bond acceptors (Lipinski definition) is 4. The second-order valence-corrected chi connectivity index (χ2v) is 5.93. The number of methoxy groups -OCH3 is 2. The van der Waals surface area contributed by atoms with Crippen molar-refractivity contribution in [3.8, 4) is 5.75 Å². The minimum absolute atomic E-state index is 0.317. The third kappa shape index (κ3) is 2.67. The Morgan fingerprint density at radius 1 is 1.15 bits per heavy atom. The molecule has 1 aromatic rings. The molecule has 0 radical (unpaired) electrons. The molecule has 20 heavy (non-hydrogen) atoms. The van der Waals surface area contributed by atoms with Crippen molar-refractivity contribution in [2.45, 2.75) is 10.3 Å². The van der Waals surface area contributed by atoms with Gasteiger partial charge in [0.25, 0.3) is 0 Å². The zero-order valence-electron chi connectivity index (χ0n) is 11.2. The molecule has 0 bridgehead atoms. The number of nitrogen functional groups attached to an aromatic ring is 1. The molecule has 1 aliphatic rings. The van der Waals surface area contributed by atoms with Crippen molar-refractivity contribution in [1.29, 1.82) is 0 Å². The molecule has 4 nitrogen and oxygen atoms in total. The van der Waals surface area contributed by atoms with Gasteiger partial charge in [-0.2, -0.15) is 0 Å². The predicted molar refractivity (Wildman–Crippen MR) is 81.9 cm³/mol. The molecule has 1 atom stereocenters. The molecule has 1 unspecified atom stereocenters. The zero-order chi connectivity index (χ0) is 14.9.